The Morgan fingerprint density at radius 1 is 1.26 bits per heavy atom. The number of rotatable bonds is 3. The Morgan fingerprint density at radius 2 is 2.11 bits per heavy atom. The monoisotopic (exact) mass is 269 g/mol. The molecule has 6 heteroatoms. The van der Waals surface area contributed by atoms with Crippen LogP contribution >= 0.6 is 11.8 Å². The van der Waals surface area contributed by atoms with Gasteiger partial charge in [-0.1, -0.05) is 18.2 Å². The quantitative estimate of drug-likeness (QED) is 0.387. The number of nitrogens with two attached hydrogens (primary N) is 1. The topological polar surface area (TPSA) is 91.4 Å². The minimum absolute atomic E-state index is 0.0547. The second-order valence-corrected chi connectivity index (χ2v) is 4.97. The van der Waals surface area contributed by atoms with Crippen molar-refractivity contribution in [3.8, 4) is 0 Å². The van der Waals surface area contributed by atoms with Crippen molar-refractivity contribution in [1.29, 1.82) is 5.41 Å². The zero-order valence-corrected chi connectivity index (χ0v) is 10.7. The van der Waals surface area contributed by atoms with Crippen molar-refractivity contribution in [3.05, 3.63) is 48.3 Å². The van der Waals surface area contributed by atoms with Crippen LogP contribution in [0.1, 0.15) is 5.69 Å². The van der Waals surface area contributed by atoms with Crippen LogP contribution < -0.4 is 5.73 Å². The molecule has 0 saturated carbocycles. The minimum atomic E-state index is -0.0547. The molecule has 2 heterocycles. The van der Waals surface area contributed by atoms with Crippen molar-refractivity contribution in [2.24, 2.45) is 5.73 Å². The smallest absolute Gasteiger partial charge is 0.194 e. The highest BCUT2D eigenvalue weighted by Gasteiger charge is 2.06. The fourth-order valence-electron chi connectivity index (χ4n) is 1.74. The Kier molecular flexibility index (Phi) is 2.92. The first-order valence-electron chi connectivity index (χ1n) is 5.65. The summed E-state index contributed by atoms with van der Waals surface area (Å²) in [6.45, 7) is 0. The Balaban J connectivity index is 1.92. The van der Waals surface area contributed by atoms with Crippen molar-refractivity contribution in [3.63, 3.8) is 0 Å². The fraction of sp³-hybridized carbons (Fsp3) is 0. The Bertz CT molecular complexity index is 716. The Morgan fingerprint density at radius 3 is 2.89 bits per heavy atom. The van der Waals surface area contributed by atoms with Crippen LogP contribution in [-0.4, -0.2) is 20.8 Å². The van der Waals surface area contributed by atoms with E-state index in [9.17, 15) is 0 Å². The molecule has 19 heavy (non-hydrogen) atoms. The van der Waals surface area contributed by atoms with Crippen molar-refractivity contribution in [1.82, 2.24) is 15.0 Å². The number of fused-ring (bicyclic) bond motifs is 1. The third-order valence-electron chi connectivity index (χ3n) is 2.62. The lowest BCUT2D eigenvalue weighted by Gasteiger charge is -2.00. The highest BCUT2D eigenvalue weighted by molar-refractivity contribution is 7.99. The molecule has 0 atom stereocenters. The minimum Gasteiger partial charge on any atom is -0.382 e. The average molecular weight is 269 g/mol. The molecule has 0 aliphatic carbocycles. The van der Waals surface area contributed by atoms with E-state index in [2.05, 4.69) is 15.0 Å². The molecule has 0 amide bonds. The van der Waals surface area contributed by atoms with E-state index in [1.54, 1.807) is 12.3 Å². The second kappa shape index (κ2) is 4.74. The molecule has 0 bridgehead atoms. The van der Waals surface area contributed by atoms with Gasteiger partial charge in [-0.05, 0) is 30.0 Å². The van der Waals surface area contributed by atoms with Gasteiger partial charge < -0.3 is 10.7 Å². The molecule has 3 aromatic rings. The number of para-hydroxylation sites is 1. The van der Waals surface area contributed by atoms with Crippen LogP contribution in [0.3, 0.4) is 0 Å². The maximum absolute atomic E-state index is 7.37. The summed E-state index contributed by atoms with van der Waals surface area (Å²) >= 11 is 1.41. The molecule has 0 unspecified atom stereocenters. The SMILES string of the molecule is N=C(N)c1ccnc(Sc2cc3ccccc3[nH]2)n1. The van der Waals surface area contributed by atoms with Crippen LogP contribution in [0.4, 0.5) is 0 Å². The fourth-order valence-corrected chi connectivity index (χ4v) is 2.54. The molecular formula is C13H11N5S. The van der Waals surface area contributed by atoms with Crippen LogP contribution in [0.5, 0.6) is 0 Å². The van der Waals surface area contributed by atoms with Gasteiger partial charge in [0.25, 0.3) is 0 Å². The van der Waals surface area contributed by atoms with Gasteiger partial charge in [-0.15, -0.1) is 0 Å². The molecule has 0 fully saturated rings. The number of aromatic nitrogens is 3. The second-order valence-electron chi connectivity index (χ2n) is 3.96. The standard InChI is InChI=1S/C13H11N5S/c14-12(15)10-5-6-16-13(18-10)19-11-7-8-3-1-2-4-9(8)17-11/h1-7,17H,(H3,14,15). The first-order valence-corrected chi connectivity index (χ1v) is 6.47. The number of hydrogen-bond acceptors (Lipinski definition) is 4. The predicted octanol–water partition coefficient (Wildman–Crippen LogP) is 2.39. The summed E-state index contributed by atoms with van der Waals surface area (Å²) in [5.74, 6) is -0.0547. The van der Waals surface area contributed by atoms with Crippen molar-refractivity contribution in [2.45, 2.75) is 10.2 Å². The normalized spacial score (nSPS) is 10.7. The molecule has 5 nitrogen and oxygen atoms in total. The maximum atomic E-state index is 7.37. The molecule has 0 saturated heterocycles. The number of benzene rings is 1. The van der Waals surface area contributed by atoms with E-state index in [1.807, 2.05) is 30.3 Å². The number of amidine groups is 1. The molecule has 1 aromatic carbocycles. The number of nitrogens with one attached hydrogen (secondary N) is 2. The molecule has 0 radical (unpaired) electrons. The van der Waals surface area contributed by atoms with Gasteiger partial charge in [0.2, 0.25) is 0 Å². The van der Waals surface area contributed by atoms with Crippen LogP contribution in [0, 0.1) is 5.41 Å². The Hall–Kier alpha value is -2.34. The largest absolute Gasteiger partial charge is 0.382 e. The molecule has 94 valence electrons. The molecule has 4 N–H and O–H groups in total. The summed E-state index contributed by atoms with van der Waals surface area (Å²) in [6.07, 6.45) is 1.61. The lowest BCUT2D eigenvalue weighted by atomic mass is 10.3. The summed E-state index contributed by atoms with van der Waals surface area (Å²) in [7, 11) is 0. The van der Waals surface area contributed by atoms with Crippen LogP contribution in [0.15, 0.2) is 52.8 Å². The van der Waals surface area contributed by atoms with Gasteiger partial charge >= 0.3 is 0 Å². The van der Waals surface area contributed by atoms with Gasteiger partial charge in [0, 0.05) is 17.1 Å². The maximum Gasteiger partial charge on any atom is 0.194 e. The third kappa shape index (κ3) is 2.43. The molecule has 0 aliphatic rings. The number of nitrogens with zero attached hydrogens (tertiary/aromatic N) is 2. The lowest BCUT2D eigenvalue weighted by molar-refractivity contribution is 0.951. The van der Waals surface area contributed by atoms with Gasteiger partial charge in [-0.3, -0.25) is 5.41 Å². The summed E-state index contributed by atoms with van der Waals surface area (Å²) in [5, 5.41) is 10.0. The van der Waals surface area contributed by atoms with Crippen molar-refractivity contribution in [2.75, 3.05) is 0 Å². The van der Waals surface area contributed by atoms with E-state index in [4.69, 9.17) is 11.1 Å². The molecule has 0 spiro atoms. The lowest BCUT2D eigenvalue weighted by Crippen LogP contribution is -2.13. The van der Waals surface area contributed by atoms with E-state index >= 15 is 0 Å². The van der Waals surface area contributed by atoms with E-state index < -0.39 is 0 Å². The number of nitrogen functional groups attached to an aromatic ring is 1. The molecular weight excluding hydrogens is 258 g/mol. The predicted molar refractivity (Wildman–Crippen MR) is 75.5 cm³/mol. The molecule has 0 aliphatic heterocycles. The number of H-pyrrole nitrogens is 1. The van der Waals surface area contributed by atoms with E-state index in [1.165, 1.54) is 11.8 Å². The van der Waals surface area contributed by atoms with Crippen LogP contribution in [-0.2, 0) is 0 Å². The number of hydrogen-bond donors (Lipinski definition) is 3. The van der Waals surface area contributed by atoms with Crippen LogP contribution in [0.25, 0.3) is 10.9 Å². The van der Waals surface area contributed by atoms with Gasteiger partial charge in [0.15, 0.2) is 5.16 Å². The molecule has 2 aromatic heterocycles. The Labute approximate surface area is 113 Å². The summed E-state index contributed by atoms with van der Waals surface area (Å²) < 4.78 is 0. The summed E-state index contributed by atoms with van der Waals surface area (Å²) in [4.78, 5) is 11.7. The van der Waals surface area contributed by atoms with E-state index in [0.29, 0.717) is 10.9 Å². The van der Waals surface area contributed by atoms with Crippen LogP contribution in [0.2, 0.25) is 0 Å². The van der Waals surface area contributed by atoms with Gasteiger partial charge in [-0.25, -0.2) is 9.97 Å². The third-order valence-corrected chi connectivity index (χ3v) is 3.44. The van der Waals surface area contributed by atoms with Gasteiger partial charge in [0.1, 0.15) is 11.5 Å². The highest BCUT2D eigenvalue weighted by atomic mass is 32.2. The van der Waals surface area contributed by atoms with Gasteiger partial charge in [-0.2, -0.15) is 0 Å². The zero-order valence-electron chi connectivity index (χ0n) is 9.92. The summed E-state index contributed by atoms with van der Waals surface area (Å²) in [5.41, 5.74) is 6.93. The van der Waals surface area contributed by atoms with E-state index in [0.717, 1.165) is 15.9 Å². The first-order chi connectivity index (χ1) is 9.22. The summed E-state index contributed by atoms with van der Waals surface area (Å²) in [6, 6.07) is 11.7. The average Bonchev–Trinajstić information content (AvgIpc) is 2.81. The zero-order chi connectivity index (χ0) is 13.2. The molecule has 3 rings (SSSR count). The van der Waals surface area contributed by atoms with Crippen molar-refractivity contribution >= 4 is 28.5 Å². The number of aromatic amines is 1. The highest BCUT2D eigenvalue weighted by Crippen LogP contribution is 2.27. The van der Waals surface area contributed by atoms with Crippen molar-refractivity contribution < 1.29 is 0 Å². The first kappa shape index (κ1) is 11.7. The van der Waals surface area contributed by atoms with E-state index in [-0.39, 0.29) is 5.84 Å². The van der Waals surface area contributed by atoms with Gasteiger partial charge in [0.05, 0.1) is 5.03 Å².